The van der Waals surface area contributed by atoms with Crippen molar-refractivity contribution in [2.75, 3.05) is 0 Å². The standard InChI is InChI=1S/C37H25NO/c1-2-13-26(14-3-1)35(30-21-11-15-25-12-4-5-18-29(25)30)27-16-10-17-28(24-27)38-33-22-8-6-19-31(33)37-36(38)32-20-7-9-23-34(32)39-37/h1-24,35H. The maximum absolute atomic E-state index is 6.41. The number of hydrogen-bond donors (Lipinski definition) is 0. The Morgan fingerprint density at radius 1 is 0.513 bits per heavy atom. The van der Waals surface area contributed by atoms with Crippen LogP contribution in [0.3, 0.4) is 0 Å². The first-order valence-corrected chi connectivity index (χ1v) is 13.4. The van der Waals surface area contributed by atoms with Crippen LogP contribution in [0.25, 0.3) is 49.4 Å². The average molecular weight is 500 g/mol. The molecule has 0 bridgehead atoms. The topological polar surface area (TPSA) is 18.1 Å². The van der Waals surface area contributed by atoms with Crippen LogP contribution in [-0.4, -0.2) is 4.57 Å². The van der Waals surface area contributed by atoms with Crippen LogP contribution in [0.15, 0.2) is 150 Å². The fraction of sp³-hybridized carbons (Fsp3) is 0.0270. The van der Waals surface area contributed by atoms with Crippen molar-refractivity contribution >= 4 is 43.7 Å². The minimum atomic E-state index is 0.0932. The molecule has 0 saturated heterocycles. The van der Waals surface area contributed by atoms with Gasteiger partial charge in [0.15, 0.2) is 5.58 Å². The molecule has 8 aromatic rings. The second-order valence-corrected chi connectivity index (χ2v) is 10.1. The van der Waals surface area contributed by atoms with Gasteiger partial charge in [-0.05, 0) is 63.9 Å². The molecule has 6 aromatic carbocycles. The third-order valence-electron chi connectivity index (χ3n) is 7.91. The SMILES string of the molecule is c1ccc(C(c2cccc(-n3c4ccccc4c4oc5ccccc5c43)c2)c2cccc3ccccc23)cc1. The molecule has 0 N–H and O–H groups in total. The lowest BCUT2D eigenvalue weighted by molar-refractivity contribution is 0.673. The molecule has 1 unspecified atom stereocenters. The minimum absolute atomic E-state index is 0.0932. The number of rotatable bonds is 4. The molecule has 2 heterocycles. The molecule has 0 fully saturated rings. The summed E-state index contributed by atoms with van der Waals surface area (Å²) in [4.78, 5) is 0. The van der Waals surface area contributed by atoms with Gasteiger partial charge in [0, 0.05) is 22.4 Å². The monoisotopic (exact) mass is 499 g/mol. The molecule has 8 rings (SSSR count). The van der Waals surface area contributed by atoms with E-state index in [9.17, 15) is 0 Å². The molecule has 1 atom stereocenters. The molecule has 184 valence electrons. The van der Waals surface area contributed by atoms with E-state index in [1.807, 2.05) is 6.07 Å². The number of nitrogens with zero attached hydrogens (tertiary/aromatic N) is 1. The fourth-order valence-corrected chi connectivity index (χ4v) is 6.23. The van der Waals surface area contributed by atoms with Crippen LogP contribution in [0, 0.1) is 0 Å². The van der Waals surface area contributed by atoms with Gasteiger partial charge in [0.1, 0.15) is 11.1 Å². The number of aromatic nitrogens is 1. The molecule has 0 aliphatic heterocycles. The lowest BCUT2D eigenvalue weighted by Crippen LogP contribution is -2.05. The maximum atomic E-state index is 6.41. The molecule has 0 aliphatic carbocycles. The normalized spacial score (nSPS) is 12.5. The van der Waals surface area contributed by atoms with E-state index in [4.69, 9.17) is 4.42 Å². The Balaban J connectivity index is 1.41. The van der Waals surface area contributed by atoms with Crippen molar-refractivity contribution in [1.82, 2.24) is 4.57 Å². The van der Waals surface area contributed by atoms with E-state index < -0.39 is 0 Å². The molecule has 0 aliphatic rings. The predicted octanol–water partition coefficient (Wildman–Crippen LogP) is 9.86. The zero-order chi connectivity index (χ0) is 25.8. The molecule has 0 radical (unpaired) electrons. The van der Waals surface area contributed by atoms with Crippen LogP contribution < -0.4 is 0 Å². The van der Waals surface area contributed by atoms with Gasteiger partial charge in [-0.15, -0.1) is 0 Å². The Labute approximate surface area is 226 Å². The zero-order valence-electron chi connectivity index (χ0n) is 21.3. The molecule has 0 spiro atoms. The summed E-state index contributed by atoms with van der Waals surface area (Å²) in [6.07, 6.45) is 0. The van der Waals surface area contributed by atoms with Crippen LogP contribution in [0.4, 0.5) is 0 Å². The van der Waals surface area contributed by atoms with Gasteiger partial charge in [-0.2, -0.15) is 0 Å². The summed E-state index contributed by atoms with van der Waals surface area (Å²) in [5.74, 6) is 0.0932. The predicted molar refractivity (Wildman–Crippen MR) is 162 cm³/mol. The van der Waals surface area contributed by atoms with Crippen LogP contribution >= 0.6 is 0 Å². The highest BCUT2D eigenvalue weighted by atomic mass is 16.3. The maximum Gasteiger partial charge on any atom is 0.161 e. The van der Waals surface area contributed by atoms with E-state index in [0.717, 1.165) is 38.7 Å². The Hall–Kier alpha value is -5.08. The Morgan fingerprint density at radius 2 is 1.18 bits per heavy atom. The third kappa shape index (κ3) is 3.42. The quantitative estimate of drug-likeness (QED) is 0.220. The lowest BCUT2D eigenvalue weighted by Gasteiger charge is -2.22. The summed E-state index contributed by atoms with van der Waals surface area (Å²) in [5.41, 5.74) is 9.10. The van der Waals surface area contributed by atoms with Gasteiger partial charge in [-0.3, -0.25) is 0 Å². The summed E-state index contributed by atoms with van der Waals surface area (Å²) in [6.45, 7) is 0. The van der Waals surface area contributed by atoms with E-state index in [1.165, 1.54) is 27.5 Å². The summed E-state index contributed by atoms with van der Waals surface area (Å²) in [6, 6.07) is 52.1. The van der Waals surface area contributed by atoms with Gasteiger partial charge in [0.25, 0.3) is 0 Å². The van der Waals surface area contributed by atoms with E-state index in [1.54, 1.807) is 0 Å². The molecule has 0 saturated carbocycles. The van der Waals surface area contributed by atoms with Crippen LogP contribution in [0.1, 0.15) is 22.6 Å². The Kier molecular flexibility index (Phi) is 4.92. The van der Waals surface area contributed by atoms with E-state index in [2.05, 4.69) is 144 Å². The van der Waals surface area contributed by atoms with Gasteiger partial charge < -0.3 is 8.98 Å². The number of hydrogen-bond acceptors (Lipinski definition) is 1. The Bertz CT molecular complexity index is 2120. The van der Waals surface area contributed by atoms with Gasteiger partial charge in [-0.25, -0.2) is 0 Å². The summed E-state index contributed by atoms with van der Waals surface area (Å²) in [7, 11) is 0. The van der Waals surface area contributed by atoms with Crippen molar-refractivity contribution in [2.24, 2.45) is 0 Å². The van der Waals surface area contributed by atoms with E-state index in [-0.39, 0.29) is 5.92 Å². The van der Waals surface area contributed by atoms with Crippen molar-refractivity contribution in [1.29, 1.82) is 0 Å². The number of fused-ring (bicyclic) bond motifs is 6. The van der Waals surface area contributed by atoms with Crippen molar-refractivity contribution in [3.8, 4) is 5.69 Å². The highest BCUT2D eigenvalue weighted by Crippen LogP contribution is 2.41. The van der Waals surface area contributed by atoms with Crippen molar-refractivity contribution in [3.63, 3.8) is 0 Å². The van der Waals surface area contributed by atoms with Gasteiger partial charge >= 0.3 is 0 Å². The van der Waals surface area contributed by atoms with Crippen molar-refractivity contribution in [2.45, 2.75) is 5.92 Å². The van der Waals surface area contributed by atoms with Crippen LogP contribution in [-0.2, 0) is 0 Å². The second kappa shape index (κ2) is 8.75. The van der Waals surface area contributed by atoms with E-state index in [0.29, 0.717) is 0 Å². The van der Waals surface area contributed by atoms with Crippen molar-refractivity contribution < 1.29 is 4.42 Å². The number of para-hydroxylation sites is 2. The molecule has 39 heavy (non-hydrogen) atoms. The van der Waals surface area contributed by atoms with Crippen molar-refractivity contribution in [3.05, 3.63) is 162 Å². The molecule has 2 nitrogen and oxygen atoms in total. The molecular formula is C37H25NO. The fourth-order valence-electron chi connectivity index (χ4n) is 6.23. The molecule has 2 aromatic heterocycles. The average Bonchev–Trinajstić information content (AvgIpc) is 3.53. The third-order valence-corrected chi connectivity index (χ3v) is 7.91. The highest BCUT2D eigenvalue weighted by Gasteiger charge is 2.22. The van der Waals surface area contributed by atoms with Gasteiger partial charge in [-0.1, -0.05) is 109 Å². The molecular weight excluding hydrogens is 474 g/mol. The largest absolute Gasteiger partial charge is 0.454 e. The number of benzene rings is 6. The van der Waals surface area contributed by atoms with Gasteiger partial charge in [0.05, 0.1) is 5.52 Å². The molecule has 0 amide bonds. The van der Waals surface area contributed by atoms with Crippen LogP contribution in [0.5, 0.6) is 0 Å². The summed E-state index contributed by atoms with van der Waals surface area (Å²) < 4.78 is 8.78. The first-order valence-electron chi connectivity index (χ1n) is 13.4. The first-order chi connectivity index (χ1) is 19.4. The van der Waals surface area contributed by atoms with Gasteiger partial charge in [0.2, 0.25) is 0 Å². The minimum Gasteiger partial charge on any atom is -0.454 e. The lowest BCUT2D eigenvalue weighted by atomic mass is 9.82. The van der Waals surface area contributed by atoms with E-state index >= 15 is 0 Å². The Morgan fingerprint density at radius 3 is 2.08 bits per heavy atom. The van der Waals surface area contributed by atoms with Crippen LogP contribution in [0.2, 0.25) is 0 Å². The first kappa shape index (κ1) is 22.0. The highest BCUT2D eigenvalue weighted by molar-refractivity contribution is 6.16. The number of furan rings is 1. The zero-order valence-corrected chi connectivity index (χ0v) is 21.3. The summed E-state index contributed by atoms with van der Waals surface area (Å²) in [5, 5.41) is 4.80. The summed E-state index contributed by atoms with van der Waals surface area (Å²) >= 11 is 0. The smallest absolute Gasteiger partial charge is 0.161 e. The second-order valence-electron chi connectivity index (χ2n) is 10.1. The molecule has 2 heteroatoms.